The lowest BCUT2D eigenvalue weighted by Crippen LogP contribution is -2.48. The third-order valence-electron chi connectivity index (χ3n) is 2.86. The van der Waals surface area contributed by atoms with E-state index in [1.807, 2.05) is 12.1 Å². The van der Waals surface area contributed by atoms with Crippen molar-refractivity contribution in [2.45, 2.75) is 25.4 Å². The van der Waals surface area contributed by atoms with Crippen molar-refractivity contribution in [1.29, 1.82) is 0 Å². The predicted molar refractivity (Wildman–Crippen MR) is 67.2 cm³/mol. The number of aliphatic carboxylic acids is 1. The van der Waals surface area contributed by atoms with E-state index < -0.39 is 11.5 Å². The summed E-state index contributed by atoms with van der Waals surface area (Å²) in [4.78, 5) is 10.7. The molecule has 0 heterocycles. The lowest BCUT2D eigenvalue weighted by molar-refractivity contribution is -0.136. The summed E-state index contributed by atoms with van der Waals surface area (Å²) < 4.78 is 0. The number of nitrogens with one attached hydrogen (secondary N) is 1. The van der Waals surface area contributed by atoms with Gasteiger partial charge < -0.3 is 20.6 Å². The van der Waals surface area contributed by atoms with Crippen LogP contribution in [0.4, 0.5) is 0 Å². The summed E-state index contributed by atoms with van der Waals surface area (Å²) in [5.74, 6) is -0.880. The third kappa shape index (κ3) is 4.10. The first-order chi connectivity index (χ1) is 8.50. The van der Waals surface area contributed by atoms with Gasteiger partial charge in [-0.15, -0.1) is 0 Å². The van der Waals surface area contributed by atoms with E-state index in [9.17, 15) is 4.79 Å². The first kappa shape index (κ1) is 14.6. The zero-order chi connectivity index (χ0) is 13.6. The summed E-state index contributed by atoms with van der Waals surface area (Å²) in [7, 11) is 0. The molecule has 5 heteroatoms. The molecular weight excluding hydrogens is 234 g/mol. The number of hydrogen-bond acceptors (Lipinski definition) is 4. The van der Waals surface area contributed by atoms with Crippen molar-refractivity contribution in [1.82, 2.24) is 5.32 Å². The van der Waals surface area contributed by atoms with Crippen LogP contribution in [0.5, 0.6) is 0 Å². The van der Waals surface area contributed by atoms with Crippen LogP contribution < -0.4 is 5.32 Å². The van der Waals surface area contributed by atoms with Crippen molar-refractivity contribution in [3.8, 4) is 0 Å². The van der Waals surface area contributed by atoms with Gasteiger partial charge in [0.1, 0.15) is 0 Å². The Morgan fingerprint density at radius 2 is 1.78 bits per heavy atom. The Hall–Kier alpha value is -1.43. The van der Waals surface area contributed by atoms with Crippen molar-refractivity contribution >= 4 is 5.97 Å². The fourth-order valence-electron chi connectivity index (χ4n) is 1.54. The van der Waals surface area contributed by atoms with E-state index in [0.29, 0.717) is 6.54 Å². The van der Waals surface area contributed by atoms with Crippen LogP contribution in [-0.4, -0.2) is 40.0 Å². The van der Waals surface area contributed by atoms with E-state index in [4.69, 9.17) is 15.3 Å². The normalized spacial score (nSPS) is 11.5. The number of carbonyl (C=O) groups is 1. The summed E-state index contributed by atoms with van der Waals surface area (Å²) >= 11 is 0. The van der Waals surface area contributed by atoms with Gasteiger partial charge in [-0.05, 0) is 18.1 Å². The van der Waals surface area contributed by atoms with Gasteiger partial charge in [0.2, 0.25) is 0 Å². The molecule has 1 aromatic carbocycles. The molecule has 0 saturated carbocycles. The molecule has 1 aromatic rings. The molecule has 1 rings (SSSR count). The second kappa shape index (κ2) is 6.49. The Morgan fingerprint density at radius 1 is 1.22 bits per heavy atom. The van der Waals surface area contributed by atoms with Crippen molar-refractivity contribution in [3.05, 3.63) is 35.4 Å². The number of carboxylic acid groups (broad SMARTS) is 1. The van der Waals surface area contributed by atoms with Crippen LogP contribution in [0.25, 0.3) is 0 Å². The number of aliphatic hydroxyl groups excluding tert-OH is 2. The third-order valence-corrected chi connectivity index (χ3v) is 2.86. The van der Waals surface area contributed by atoms with Crippen molar-refractivity contribution in [3.63, 3.8) is 0 Å². The Morgan fingerprint density at radius 3 is 2.28 bits per heavy atom. The minimum atomic E-state index is -0.880. The van der Waals surface area contributed by atoms with Gasteiger partial charge in [0.15, 0.2) is 0 Å². The minimum Gasteiger partial charge on any atom is -0.481 e. The van der Waals surface area contributed by atoms with Crippen LogP contribution in [0.2, 0.25) is 0 Å². The molecule has 5 nitrogen and oxygen atoms in total. The smallest absolute Gasteiger partial charge is 0.307 e. The van der Waals surface area contributed by atoms with Crippen molar-refractivity contribution in [2.24, 2.45) is 0 Å². The average Bonchev–Trinajstić information content (AvgIpc) is 2.37. The maximum absolute atomic E-state index is 10.7. The van der Waals surface area contributed by atoms with Gasteiger partial charge in [-0.1, -0.05) is 24.3 Å². The highest BCUT2D eigenvalue weighted by atomic mass is 16.4. The molecule has 0 unspecified atom stereocenters. The molecule has 0 fully saturated rings. The second-order valence-electron chi connectivity index (χ2n) is 4.57. The standard InChI is InChI=1S/C13H19NO4/c1-13(8-15,9-16)14-7-11-5-3-2-4-10(11)6-12(17)18/h2-5,14-16H,6-9H2,1H3,(H,17,18). The first-order valence-corrected chi connectivity index (χ1v) is 5.76. The van der Waals surface area contributed by atoms with Gasteiger partial charge in [0.05, 0.1) is 25.2 Å². The molecule has 0 spiro atoms. The second-order valence-corrected chi connectivity index (χ2v) is 4.57. The largest absolute Gasteiger partial charge is 0.481 e. The molecule has 18 heavy (non-hydrogen) atoms. The Kier molecular flexibility index (Phi) is 5.27. The summed E-state index contributed by atoms with van der Waals surface area (Å²) in [6.07, 6.45) is -0.0349. The van der Waals surface area contributed by atoms with E-state index in [1.165, 1.54) is 0 Å². The van der Waals surface area contributed by atoms with Gasteiger partial charge >= 0.3 is 5.97 Å². The van der Waals surface area contributed by atoms with E-state index >= 15 is 0 Å². The fraction of sp³-hybridized carbons (Fsp3) is 0.462. The van der Waals surface area contributed by atoms with Crippen LogP contribution >= 0.6 is 0 Å². The lowest BCUT2D eigenvalue weighted by Gasteiger charge is -2.26. The number of rotatable bonds is 7. The van der Waals surface area contributed by atoms with Crippen LogP contribution in [-0.2, 0) is 17.8 Å². The summed E-state index contributed by atoms with van der Waals surface area (Å²) in [5.41, 5.74) is 0.819. The number of benzene rings is 1. The molecule has 0 radical (unpaired) electrons. The van der Waals surface area contributed by atoms with Gasteiger partial charge in [-0.25, -0.2) is 0 Å². The van der Waals surface area contributed by atoms with Gasteiger partial charge in [-0.2, -0.15) is 0 Å². The average molecular weight is 253 g/mol. The topological polar surface area (TPSA) is 89.8 Å². The minimum absolute atomic E-state index is 0.0349. The molecule has 0 bridgehead atoms. The van der Waals surface area contributed by atoms with E-state index in [2.05, 4.69) is 5.32 Å². The van der Waals surface area contributed by atoms with Crippen molar-refractivity contribution in [2.75, 3.05) is 13.2 Å². The molecule has 0 amide bonds. The van der Waals surface area contributed by atoms with Crippen LogP contribution in [0.3, 0.4) is 0 Å². The zero-order valence-corrected chi connectivity index (χ0v) is 10.4. The first-order valence-electron chi connectivity index (χ1n) is 5.76. The van der Waals surface area contributed by atoms with Gasteiger partial charge in [0, 0.05) is 6.54 Å². The summed E-state index contributed by atoms with van der Waals surface area (Å²) in [5, 5.41) is 30.2. The quantitative estimate of drug-likeness (QED) is 0.555. The Balaban J connectivity index is 2.75. The zero-order valence-electron chi connectivity index (χ0n) is 10.4. The molecule has 0 atom stereocenters. The van der Waals surface area contributed by atoms with Gasteiger partial charge in [-0.3, -0.25) is 4.79 Å². The molecule has 0 saturated heterocycles. The SMILES string of the molecule is CC(CO)(CO)NCc1ccccc1CC(=O)O. The molecule has 0 aliphatic heterocycles. The predicted octanol–water partition coefficient (Wildman–Crippen LogP) is 0.147. The Labute approximate surface area is 106 Å². The molecular formula is C13H19NO4. The Bertz CT molecular complexity index is 402. The number of hydrogen-bond donors (Lipinski definition) is 4. The van der Waals surface area contributed by atoms with E-state index in [-0.39, 0.29) is 19.6 Å². The summed E-state index contributed by atoms with van der Waals surface area (Å²) in [6, 6.07) is 7.22. The lowest BCUT2D eigenvalue weighted by atomic mass is 10.0. The molecule has 100 valence electrons. The number of carboxylic acids is 1. The molecule has 4 N–H and O–H groups in total. The number of aliphatic hydroxyl groups is 2. The van der Waals surface area contributed by atoms with Gasteiger partial charge in [0.25, 0.3) is 0 Å². The van der Waals surface area contributed by atoms with E-state index in [1.54, 1.807) is 19.1 Å². The highest BCUT2D eigenvalue weighted by Gasteiger charge is 2.21. The summed E-state index contributed by atoms with van der Waals surface area (Å²) in [6.45, 7) is 1.73. The highest BCUT2D eigenvalue weighted by molar-refractivity contribution is 5.70. The maximum atomic E-state index is 10.7. The van der Waals surface area contributed by atoms with Crippen LogP contribution in [0.15, 0.2) is 24.3 Å². The van der Waals surface area contributed by atoms with Crippen molar-refractivity contribution < 1.29 is 20.1 Å². The monoisotopic (exact) mass is 253 g/mol. The highest BCUT2D eigenvalue weighted by Crippen LogP contribution is 2.11. The van der Waals surface area contributed by atoms with Crippen LogP contribution in [0.1, 0.15) is 18.1 Å². The molecule has 0 aliphatic rings. The van der Waals surface area contributed by atoms with Crippen LogP contribution in [0, 0.1) is 0 Å². The molecule has 0 aliphatic carbocycles. The van der Waals surface area contributed by atoms with E-state index in [0.717, 1.165) is 11.1 Å². The molecule has 0 aromatic heterocycles. The maximum Gasteiger partial charge on any atom is 0.307 e. The fourth-order valence-corrected chi connectivity index (χ4v) is 1.54.